The lowest BCUT2D eigenvalue weighted by Gasteiger charge is -2.15. The highest BCUT2D eigenvalue weighted by molar-refractivity contribution is 6.33. The summed E-state index contributed by atoms with van der Waals surface area (Å²) < 4.78 is 10.3. The van der Waals surface area contributed by atoms with Gasteiger partial charge in [-0.1, -0.05) is 23.7 Å². The van der Waals surface area contributed by atoms with Crippen LogP contribution in [-0.4, -0.2) is 25.1 Å². The highest BCUT2D eigenvalue weighted by Gasteiger charge is 2.17. The van der Waals surface area contributed by atoms with Crippen LogP contribution in [0, 0.1) is 6.92 Å². The van der Waals surface area contributed by atoms with E-state index in [1.807, 2.05) is 25.1 Å². The molecule has 1 amide bonds. The molecule has 0 aliphatic heterocycles. The van der Waals surface area contributed by atoms with Crippen LogP contribution in [-0.2, 0) is 9.53 Å². The van der Waals surface area contributed by atoms with Crippen molar-refractivity contribution in [2.75, 3.05) is 12.4 Å². The number of amides is 1. The molecule has 6 heteroatoms. The van der Waals surface area contributed by atoms with Crippen molar-refractivity contribution < 1.29 is 19.1 Å². The number of hydrogen-bond acceptors (Lipinski definition) is 4. The van der Waals surface area contributed by atoms with E-state index < -0.39 is 12.1 Å². The molecule has 0 saturated carbocycles. The fraction of sp³-hybridized carbons (Fsp3) is 0.222. The number of nitrogens with one attached hydrogen (secondary N) is 1. The Morgan fingerprint density at radius 3 is 2.58 bits per heavy atom. The highest BCUT2D eigenvalue weighted by Crippen LogP contribution is 2.22. The molecule has 0 radical (unpaired) electrons. The van der Waals surface area contributed by atoms with Crippen LogP contribution < -0.4 is 10.1 Å². The maximum Gasteiger partial charge on any atom is 0.339 e. The van der Waals surface area contributed by atoms with Crippen LogP contribution in [0.25, 0.3) is 0 Å². The van der Waals surface area contributed by atoms with E-state index in [0.29, 0.717) is 11.4 Å². The minimum absolute atomic E-state index is 0.184. The number of halogens is 1. The summed E-state index contributed by atoms with van der Waals surface area (Å²) in [5.74, 6) is -0.293. The van der Waals surface area contributed by atoms with Crippen LogP contribution in [0.15, 0.2) is 42.5 Å². The quantitative estimate of drug-likeness (QED) is 0.834. The zero-order valence-corrected chi connectivity index (χ0v) is 14.4. The summed E-state index contributed by atoms with van der Waals surface area (Å²) >= 11 is 5.95. The van der Waals surface area contributed by atoms with Crippen molar-refractivity contribution in [3.63, 3.8) is 0 Å². The second kappa shape index (κ2) is 7.84. The molecule has 126 valence electrons. The highest BCUT2D eigenvalue weighted by atomic mass is 35.5. The molecule has 2 aromatic carbocycles. The molecule has 0 aromatic heterocycles. The number of aryl methyl sites for hydroxylation is 1. The average molecular weight is 348 g/mol. The number of esters is 1. The van der Waals surface area contributed by atoms with Gasteiger partial charge in [0.05, 0.1) is 17.7 Å². The summed E-state index contributed by atoms with van der Waals surface area (Å²) in [6, 6.07) is 12.0. The number of carbonyl (C=O) groups excluding carboxylic acids is 2. The van der Waals surface area contributed by atoms with E-state index in [1.165, 1.54) is 19.2 Å². The van der Waals surface area contributed by atoms with Crippen molar-refractivity contribution in [2.45, 2.75) is 20.0 Å². The Labute approximate surface area is 145 Å². The number of ether oxygens (including phenoxy) is 2. The lowest BCUT2D eigenvalue weighted by atomic mass is 10.2. The predicted molar refractivity (Wildman–Crippen MR) is 92.7 cm³/mol. The van der Waals surface area contributed by atoms with E-state index in [0.717, 1.165) is 5.56 Å². The Kier molecular flexibility index (Phi) is 5.82. The minimum Gasteiger partial charge on any atom is -0.481 e. The number of anilines is 1. The Hall–Kier alpha value is -2.53. The Bertz CT molecular complexity index is 760. The van der Waals surface area contributed by atoms with Crippen molar-refractivity contribution >= 4 is 29.2 Å². The van der Waals surface area contributed by atoms with Crippen molar-refractivity contribution in [3.8, 4) is 5.75 Å². The van der Waals surface area contributed by atoms with Gasteiger partial charge in [-0.2, -0.15) is 0 Å². The van der Waals surface area contributed by atoms with E-state index >= 15 is 0 Å². The number of carbonyl (C=O) groups is 2. The molecule has 0 heterocycles. The van der Waals surface area contributed by atoms with Gasteiger partial charge in [0, 0.05) is 5.69 Å². The smallest absolute Gasteiger partial charge is 0.339 e. The normalized spacial score (nSPS) is 11.5. The summed E-state index contributed by atoms with van der Waals surface area (Å²) in [5, 5.41) is 2.95. The number of methoxy groups -OCH3 is 1. The molecule has 0 bridgehead atoms. The van der Waals surface area contributed by atoms with Gasteiger partial charge in [-0.25, -0.2) is 4.79 Å². The van der Waals surface area contributed by atoms with Crippen molar-refractivity contribution in [3.05, 3.63) is 58.6 Å². The molecule has 2 rings (SSSR count). The SMILES string of the molecule is COC(=O)c1cc(NC(=O)[C@@H](C)Oc2cccc(C)c2)ccc1Cl. The molecule has 0 saturated heterocycles. The van der Waals surface area contributed by atoms with Gasteiger partial charge in [0.25, 0.3) is 5.91 Å². The molecule has 5 nitrogen and oxygen atoms in total. The standard InChI is InChI=1S/C18H18ClNO4/c1-11-5-4-6-14(9-11)24-12(2)17(21)20-13-7-8-16(19)15(10-13)18(22)23-3/h4-10,12H,1-3H3,(H,20,21)/t12-/m1/s1. The van der Waals surface area contributed by atoms with Gasteiger partial charge in [0.15, 0.2) is 6.10 Å². The van der Waals surface area contributed by atoms with Crippen molar-refractivity contribution in [1.29, 1.82) is 0 Å². The summed E-state index contributed by atoms with van der Waals surface area (Å²) in [6.45, 7) is 3.59. The summed E-state index contributed by atoms with van der Waals surface area (Å²) in [6.07, 6.45) is -0.705. The maximum absolute atomic E-state index is 12.3. The first kappa shape index (κ1) is 17.8. The van der Waals surface area contributed by atoms with E-state index in [1.54, 1.807) is 19.1 Å². The molecular formula is C18H18ClNO4. The van der Waals surface area contributed by atoms with E-state index in [9.17, 15) is 9.59 Å². The summed E-state index contributed by atoms with van der Waals surface area (Å²) in [4.78, 5) is 23.9. The van der Waals surface area contributed by atoms with E-state index in [-0.39, 0.29) is 16.5 Å². The Balaban J connectivity index is 2.07. The molecule has 0 spiro atoms. The monoisotopic (exact) mass is 347 g/mol. The number of hydrogen-bond donors (Lipinski definition) is 1. The van der Waals surface area contributed by atoms with E-state index in [2.05, 4.69) is 10.1 Å². The molecule has 0 aliphatic carbocycles. The third-order valence-corrected chi connectivity index (χ3v) is 3.64. The van der Waals surface area contributed by atoms with Crippen LogP contribution >= 0.6 is 11.6 Å². The van der Waals surface area contributed by atoms with Crippen LogP contribution in [0.3, 0.4) is 0 Å². The second-order valence-corrected chi connectivity index (χ2v) is 5.66. The maximum atomic E-state index is 12.3. The molecule has 0 unspecified atom stereocenters. The molecule has 24 heavy (non-hydrogen) atoms. The largest absolute Gasteiger partial charge is 0.481 e. The zero-order valence-electron chi connectivity index (χ0n) is 13.6. The van der Waals surface area contributed by atoms with Crippen LogP contribution in [0.1, 0.15) is 22.8 Å². The lowest BCUT2D eigenvalue weighted by molar-refractivity contribution is -0.122. The van der Waals surface area contributed by atoms with Crippen molar-refractivity contribution in [2.24, 2.45) is 0 Å². The molecule has 0 fully saturated rings. The minimum atomic E-state index is -0.705. The van der Waals surface area contributed by atoms with Gasteiger partial charge < -0.3 is 14.8 Å². The van der Waals surface area contributed by atoms with Crippen LogP contribution in [0.5, 0.6) is 5.75 Å². The van der Waals surface area contributed by atoms with Gasteiger partial charge in [0.2, 0.25) is 0 Å². The van der Waals surface area contributed by atoms with E-state index in [4.69, 9.17) is 16.3 Å². The first-order valence-electron chi connectivity index (χ1n) is 7.32. The van der Waals surface area contributed by atoms with Crippen molar-refractivity contribution in [1.82, 2.24) is 0 Å². The Morgan fingerprint density at radius 1 is 1.17 bits per heavy atom. The van der Waals surface area contributed by atoms with Gasteiger partial charge in [-0.15, -0.1) is 0 Å². The van der Waals surface area contributed by atoms with Gasteiger partial charge in [0.1, 0.15) is 5.75 Å². The molecule has 1 atom stereocenters. The number of rotatable bonds is 5. The average Bonchev–Trinajstić information content (AvgIpc) is 2.55. The zero-order chi connectivity index (χ0) is 17.7. The third-order valence-electron chi connectivity index (χ3n) is 3.31. The molecule has 0 aliphatic rings. The third kappa shape index (κ3) is 4.49. The second-order valence-electron chi connectivity index (χ2n) is 5.25. The fourth-order valence-electron chi connectivity index (χ4n) is 2.06. The van der Waals surface area contributed by atoms with Gasteiger partial charge >= 0.3 is 5.97 Å². The first-order chi connectivity index (χ1) is 11.4. The first-order valence-corrected chi connectivity index (χ1v) is 7.70. The predicted octanol–water partition coefficient (Wildman–Crippen LogP) is 3.84. The van der Waals surface area contributed by atoms with Crippen LogP contribution in [0.2, 0.25) is 5.02 Å². The fourth-order valence-corrected chi connectivity index (χ4v) is 2.25. The van der Waals surface area contributed by atoms with Gasteiger partial charge in [-0.05, 0) is 49.7 Å². The molecular weight excluding hydrogens is 330 g/mol. The summed E-state index contributed by atoms with van der Waals surface area (Å²) in [5.41, 5.74) is 1.66. The molecule has 1 N–H and O–H groups in total. The Morgan fingerprint density at radius 2 is 1.92 bits per heavy atom. The number of benzene rings is 2. The van der Waals surface area contributed by atoms with Gasteiger partial charge in [-0.3, -0.25) is 4.79 Å². The topological polar surface area (TPSA) is 64.6 Å². The molecule has 2 aromatic rings. The van der Waals surface area contributed by atoms with Crippen LogP contribution in [0.4, 0.5) is 5.69 Å². The lowest BCUT2D eigenvalue weighted by Crippen LogP contribution is -2.30. The summed E-state index contributed by atoms with van der Waals surface area (Å²) in [7, 11) is 1.27.